The van der Waals surface area contributed by atoms with Crippen LogP contribution in [0.3, 0.4) is 0 Å². The Labute approximate surface area is 96.6 Å². The fourth-order valence-corrected chi connectivity index (χ4v) is 10.5. The van der Waals surface area contributed by atoms with Crippen molar-refractivity contribution < 1.29 is 0 Å². The predicted octanol–water partition coefficient (Wildman–Crippen LogP) is 2.87. The molecule has 1 aromatic rings. The molecule has 0 aliphatic carbocycles. The molecule has 1 saturated heterocycles. The topological polar surface area (TPSA) is 0 Å². The summed E-state index contributed by atoms with van der Waals surface area (Å²) in [4.78, 5) is 0. The number of rotatable bonds is 2. The van der Waals surface area contributed by atoms with Crippen molar-refractivity contribution in [2.45, 2.75) is 31.2 Å². The van der Waals surface area contributed by atoms with Gasteiger partial charge in [0.05, 0.1) is 8.07 Å². The summed E-state index contributed by atoms with van der Waals surface area (Å²) in [5, 5.41) is 2.42. The molecule has 0 bridgehead atoms. The number of benzene rings is 1. The van der Waals surface area contributed by atoms with Crippen LogP contribution >= 0.6 is 7.80 Å². The SMILES string of the molecule is [B]P1CCC[C@H]1[Si](C)(C)c1ccccc1. The Morgan fingerprint density at radius 1 is 1.27 bits per heavy atom. The maximum atomic E-state index is 6.30. The van der Waals surface area contributed by atoms with E-state index in [1.807, 2.05) is 0 Å². The van der Waals surface area contributed by atoms with E-state index in [9.17, 15) is 0 Å². The lowest BCUT2D eigenvalue weighted by atomic mass is 10.4. The van der Waals surface area contributed by atoms with E-state index in [2.05, 4.69) is 43.4 Å². The molecule has 2 rings (SSSR count). The van der Waals surface area contributed by atoms with Gasteiger partial charge in [-0.2, -0.15) is 7.80 Å². The van der Waals surface area contributed by atoms with Gasteiger partial charge < -0.3 is 0 Å². The van der Waals surface area contributed by atoms with Crippen molar-refractivity contribution in [2.24, 2.45) is 0 Å². The molecule has 1 unspecified atom stereocenters. The first-order valence-electron chi connectivity index (χ1n) is 5.69. The maximum absolute atomic E-state index is 6.30. The first-order chi connectivity index (χ1) is 7.12. The zero-order valence-corrected chi connectivity index (χ0v) is 11.5. The molecule has 1 fully saturated rings. The van der Waals surface area contributed by atoms with Crippen LogP contribution in [0.5, 0.6) is 0 Å². The Morgan fingerprint density at radius 2 is 1.93 bits per heavy atom. The Kier molecular flexibility index (Phi) is 3.37. The normalized spacial score (nSPS) is 26.8. The van der Waals surface area contributed by atoms with Crippen molar-refractivity contribution >= 4 is 28.6 Å². The fraction of sp³-hybridized carbons (Fsp3) is 0.500. The quantitative estimate of drug-likeness (QED) is 0.543. The van der Waals surface area contributed by atoms with Crippen LogP contribution in [0, 0.1) is 0 Å². The molecule has 15 heavy (non-hydrogen) atoms. The van der Waals surface area contributed by atoms with E-state index in [1.54, 1.807) is 5.19 Å². The first-order valence-corrected chi connectivity index (χ1v) is 10.4. The molecule has 0 spiro atoms. The van der Waals surface area contributed by atoms with Crippen LogP contribution in [-0.4, -0.2) is 27.1 Å². The largest absolute Gasteiger partial charge is 0.156 e. The van der Waals surface area contributed by atoms with Crippen molar-refractivity contribution in [3.63, 3.8) is 0 Å². The molecule has 0 N–H and O–H groups in total. The minimum atomic E-state index is -1.31. The van der Waals surface area contributed by atoms with Gasteiger partial charge in [0.2, 0.25) is 0 Å². The lowest BCUT2D eigenvalue weighted by molar-refractivity contribution is 0.903. The highest BCUT2D eigenvalue weighted by molar-refractivity contribution is 7.85. The average molecular weight is 232 g/mol. The molecular formula is C12H18BPSi. The summed E-state index contributed by atoms with van der Waals surface area (Å²) in [6, 6.07) is 11.0. The van der Waals surface area contributed by atoms with E-state index >= 15 is 0 Å². The highest BCUT2D eigenvalue weighted by Gasteiger charge is 2.38. The number of hydrogen-bond donors (Lipinski definition) is 0. The molecule has 1 heterocycles. The summed E-state index contributed by atoms with van der Waals surface area (Å²) in [5.74, 6) is 0. The standard InChI is InChI=1S/C12H18BPSi/c1-15(2,11-7-4-3-5-8-11)12-9-6-10-14(12)13/h3-5,7-8,12H,6,9-10H2,1-2H3/t12-,14?/m1/s1. The van der Waals surface area contributed by atoms with E-state index < -0.39 is 8.07 Å². The molecule has 2 atom stereocenters. The van der Waals surface area contributed by atoms with Gasteiger partial charge in [-0.15, -0.1) is 0 Å². The molecule has 1 aromatic carbocycles. The van der Waals surface area contributed by atoms with Gasteiger partial charge in [0, 0.05) is 0 Å². The molecule has 2 radical (unpaired) electrons. The highest BCUT2D eigenvalue weighted by atomic mass is 31.1. The van der Waals surface area contributed by atoms with Crippen molar-refractivity contribution in [3.05, 3.63) is 30.3 Å². The van der Waals surface area contributed by atoms with Crippen LogP contribution in [0.15, 0.2) is 30.3 Å². The van der Waals surface area contributed by atoms with E-state index in [-0.39, 0.29) is 7.80 Å². The van der Waals surface area contributed by atoms with Gasteiger partial charge in [0.25, 0.3) is 0 Å². The van der Waals surface area contributed by atoms with Gasteiger partial charge in [-0.25, -0.2) is 0 Å². The zero-order valence-electron chi connectivity index (χ0n) is 9.61. The summed E-state index contributed by atoms with van der Waals surface area (Å²) < 4.78 is 0. The van der Waals surface area contributed by atoms with Crippen LogP contribution in [0.4, 0.5) is 0 Å². The molecule has 0 nitrogen and oxygen atoms in total. The average Bonchev–Trinajstić information content (AvgIpc) is 2.66. The van der Waals surface area contributed by atoms with Gasteiger partial charge in [0.15, 0.2) is 0 Å². The molecule has 3 heteroatoms. The minimum absolute atomic E-state index is 0.178. The van der Waals surface area contributed by atoms with Crippen molar-refractivity contribution in [1.29, 1.82) is 0 Å². The van der Waals surface area contributed by atoms with Crippen LogP contribution in [0.25, 0.3) is 0 Å². The van der Waals surface area contributed by atoms with Gasteiger partial charge >= 0.3 is 0 Å². The molecule has 1 aliphatic rings. The summed E-state index contributed by atoms with van der Waals surface area (Å²) >= 11 is 0. The van der Waals surface area contributed by atoms with Gasteiger partial charge in [0.1, 0.15) is 7.57 Å². The van der Waals surface area contributed by atoms with Crippen LogP contribution in [-0.2, 0) is 0 Å². The lowest BCUT2D eigenvalue weighted by Crippen LogP contribution is -2.50. The van der Waals surface area contributed by atoms with Crippen molar-refractivity contribution in [3.8, 4) is 0 Å². The second-order valence-corrected chi connectivity index (χ2v) is 12.3. The Bertz CT molecular complexity index is 326. The third kappa shape index (κ3) is 2.21. The van der Waals surface area contributed by atoms with Gasteiger partial charge in [-0.05, 0) is 24.3 Å². The Hall–Kier alpha value is -0.0682. The predicted molar refractivity (Wildman–Crippen MR) is 74.1 cm³/mol. The molecule has 0 aromatic heterocycles. The van der Waals surface area contributed by atoms with E-state index in [0.717, 1.165) is 5.28 Å². The van der Waals surface area contributed by atoms with Crippen LogP contribution in [0.1, 0.15) is 12.8 Å². The smallest absolute Gasteiger partial charge is 0.109 e. The number of hydrogen-bond acceptors (Lipinski definition) is 0. The maximum Gasteiger partial charge on any atom is 0.109 e. The molecule has 0 saturated carbocycles. The molecule has 0 amide bonds. The van der Waals surface area contributed by atoms with Crippen molar-refractivity contribution in [2.75, 3.05) is 6.16 Å². The van der Waals surface area contributed by atoms with Gasteiger partial charge in [-0.1, -0.05) is 48.6 Å². The third-order valence-corrected chi connectivity index (χ3v) is 12.2. The highest BCUT2D eigenvalue weighted by Crippen LogP contribution is 2.49. The monoisotopic (exact) mass is 232 g/mol. The molecular weight excluding hydrogens is 214 g/mol. The Morgan fingerprint density at radius 3 is 2.47 bits per heavy atom. The van der Waals surface area contributed by atoms with E-state index in [4.69, 9.17) is 7.57 Å². The second-order valence-electron chi connectivity index (χ2n) is 4.98. The molecule has 1 aliphatic heterocycles. The zero-order chi connectivity index (χ0) is 10.9. The lowest BCUT2D eigenvalue weighted by Gasteiger charge is -2.33. The Balaban J connectivity index is 2.26. The summed E-state index contributed by atoms with van der Waals surface area (Å²) in [5.41, 5.74) is 0. The molecule has 78 valence electrons. The third-order valence-electron chi connectivity index (χ3n) is 3.65. The first kappa shape index (κ1) is 11.4. The van der Waals surface area contributed by atoms with E-state index in [1.165, 1.54) is 19.0 Å². The van der Waals surface area contributed by atoms with E-state index in [0.29, 0.717) is 0 Å². The summed E-state index contributed by atoms with van der Waals surface area (Å²) in [7, 11) is 4.82. The van der Waals surface area contributed by atoms with Crippen LogP contribution in [0.2, 0.25) is 13.1 Å². The van der Waals surface area contributed by atoms with Crippen molar-refractivity contribution in [1.82, 2.24) is 0 Å². The summed E-state index contributed by atoms with van der Waals surface area (Å²) in [6.07, 6.45) is 4.02. The summed E-state index contributed by atoms with van der Waals surface area (Å²) in [6.45, 7) is 4.97. The van der Waals surface area contributed by atoms with Gasteiger partial charge in [-0.3, -0.25) is 0 Å². The van der Waals surface area contributed by atoms with Crippen LogP contribution < -0.4 is 5.19 Å². The fourth-order valence-electron chi connectivity index (χ4n) is 2.62. The minimum Gasteiger partial charge on any atom is -0.156 e. The second kappa shape index (κ2) is 4.43.